The van der Waals surface area contributed by atoms with E-state index in [1.807, 2.05) is 0 Å². The summed E-state index contributed by atoms with van der Waals surface area (Å²) in [6, 6.07) is 3.73. The molecule has 2 heterocycles. The fourth-order valence-corrected chi connectivity index (χ4v) is 3.43. The molecular formula is C14H16BrClFN3. The van der Waals surface area contributed by atoms with Gasteiger partial charge in [-0.25, -0.2) is 9.37 Å². The Morgan fingerprint density at radius 2 is 2.30 bits per heavy atom. The molecule has 1 aliphatic heterocycles. The predicted molar refractivity (Wildman–Crippen MR) is 82.6 cm³/mol. The molecule has 3 nitrogen and oxygen atoms in total. The van der Waals surface area contributed by atoms with Gasteiger partial charge in [0.2, 0.25) is 0 Å². The molecule has 1 aromatic carbocycles. The zero-order valence-corrected chi connectivity index (χ0v) is 13.6. The number of alkyl halides is 1. The fraction of sp³-hybridized carbons (Fsp3) is 0.500. The van der Waals surface area contributed by atoms with E-state index >= 15 is 0 Å². The standard InChI is InChI=1S/C14H16BrClFN3/c1-19-4-2-3-9(19)8-20-13-6-11(17)10(15)5-12(13)18-14(20)7-16/h5-6,9H,2-4,7-8H2,1H3. The van der Waals surface area contributed by atoms with Gasteiger partial charge < -0.3 is 9.47 Å². The van der Waals surface area contributed by atoms with Gasteiger partial charge in [0.15, 0.2) is 0 Å². The van der Waals surface area contributed by atoms with Crippen LogP contribution in [0.4, 0.5) is 4.39 Å². The van der Waals surface area contributed by atoms with Gasteiger partial charge in [-0.2, -0.15) is 0 Å². The summed E-state index contributed by atoms with van der Waals surface area (Å²) in [6.07, 6.45) is 2.38. The molecule has 3 rings (SSSR count). The molecule has 20 heavy (non-hydrogen) atoms. The van der Waals surface area contributed by atoms with E-state index < -0.39 is 0 Å². The Labute approximate surface area is 130 Å². The number of rotatable bonds is 3. The van der Waals surface area contributed by atoms with E-state index in [4.69, 9.17) is 11.6 Å². The minimum Gasteiger partial charge on any atom is -0.325 e. The molecule has 0 bridgehead atoms. The van der Waals surface area contributed by atoms with Gasteiger partial charge in [0.25, 0.3) is 0 Å². The van der Waals surface area contributed by atoms with Crippen LogP contribution in [0.3, 0.4) is 0 Å². The molecule has 2 aromatic rings. The first-order valence-electron chi connectivity index (χ1n) is 6.70. The van der Waals surface area contributed by atoms with E-state index in [9.17, 15) is 4.39 Å². The van der Waals surface area contributed by atoms with E-state index in [0.717, 1.165) is 36.4 Å². The summed E-state index contributed by atoms with van der Waals surface area (Å²) in [5.74, 6) is 0.878. The van der Waals surface area contributed by atoms with Crippen LogP contribution in [-0.2, 0) is 12.4 Å². The highest BCUT2D eigenvalue weighted by Crippen LogP contribution is 2.26. The normalized spacial score (nSPS) is 20.1. The Balaban J connectivity index is 2.05. The summed E-state index contributed by atoms with van der Waals surface area (Å²) in [7, 11) is 2.13. The molecule has 0 amide bonds. The molecule has 1 unspecified atom stereocenters. The lowest BCUT2D eigenvalue weighted by atomic mass is 10.2. The number of halogens is 3. The van der Waals surface area contributed by atoms with Crippen LogP contribution in [-0.4, -0.2) is 34.1 Å². The average Bonchev–Trinajstić information content (AvgIpc) is 2.96. The van der Waals surface area contributed by atoms with Crippen molar-refractivity contribution in [2.45, 2.75) is 31.3 Å². The van der Waals surface area contributed by atoms with Crippen LogP contribution in [0.1, 0.15) is 18.7 Å². The second kappa shape index (κ2) is 5.62. The fourth-order valence-electron chi connectivity index (χ4n) is 2.90. The number of likely N-dealkylation sites (N-methyl/N-ethyl adjacent to an activating group) is 1. The van der Waals surface area contributed by atoms with Crippen molar-refractivity contribution in [1.82, 2.24) is 14.5 Å². The van der Waals surface area contributed by atoms with Crippen LogP contribution in [0.2, 0.25) is 0 Å². The minimum absolute atomic E-state index is 0.264. The molecule has 1 aliphatic rings. The Morgan fingerprint density at radius 3 is 2.95 bits per heavy atom. The number of benzene rings is 1. The lowest BCUT2D eigenvalue weighted by Crippen LogP contribution is -2.29. The number of hydrogen-bond acceptors (Lipinski definition) is 2. The SMILES string of the molecule is CN1CCCC1Cn1c(CCl)nc2cc(Br)c(F)cc21. The van der Waals surface area contributed by atoms with Crippen molar-refractivity contribution >= 4 is 38.6 Å². The van der Waals surface area contributed by atoms with Crippen LogP contribution in [0.5, 0.6) is 0 Å². The molecule has 108 valence electrons. The molecule has 0 N–H and O–H groups in total. The first kappa shape index (κ1) is 14.3. The molecule has 1 aromatic heterocycles. The third-order valence-electron chi connectivity index (χ3n) is 4.05. The zero-order valence-electron chi connectivity index (χ0n) is 11.2. The Bertz CT molecular complexity index is 643. The van der Waals surface area contributed by atoms with Gasteiger partial charge in [-0.3, -0.25) is 0 Å². The smallest absolute Gasteiger partial charge is 0.139 e. The summed E-state index contributed by atoms with van der Waals surface area (Å²) in [5, 5.41) is 0. The molecular weight excluding hydrogens is 345 g/mol. The maximum Gasteiger partial charge on any atom is 0.139 e. The van der Waals surface area contributed by atoms with E-state index in [1.165, 1.54) is 12.5 Å². The first-order valence-corrected chi connectivity index (χ1v) is 8.03. The van der Waals surface area contributed by atoms with Gasteiger partial charge in [0.05, 0.1) is 21.4 Å². The van der Waals surface area contributed by atoms with E-state index in [-0.39, 0.29) is 5.82 Å². The second-order valence-corrected chi connectivity index (χ2v) is 6.43. The van der Waals surface area contributed by atoms with Gasteiger partial charge >= 0.3 is 0 Å². The minimum atomic E-state index is -0.264. The van der Waals surface area contributed by atoms with E-state index in [0.29, 0.717) is 16.4 Å². The number of imidazole rings is 1. The third kappa shape index (κ3) is 2.47. The maximum atomic E-state index is 13.8. The quantitative estimate of drug-likeness (QED) is 0.777. The van der Waals surface area contributed by atoms with Crippen molar-refractivity contribution in [1.29, 1.82) is 0 Å². The highest BCUT2D eigenvalue weighted by atomic mass is 79.9. The molecule has 0 radical (unpaired) electrons. The van der Waals surface area contributed by atoms with Crippen LogP contribution in [0.15, 0.2) is 16.6 Å². The number of nitrogens with zero attached hydrogens (tertiary/aromatic N) is 3. The van der Waals surface area contributed by atoms with Crippen molar-refractivity contribution in [2.24, 2.45) is 0 Å². The van der Waals surface area contributed by atoms with Crippen LogP contribution in [0.25, 0.3) is 11.0 Å². The Morgan fingerprint density at radius 1 is 1.50 bits per heavy atom. The highest BCUT2D eigenvalue weighted by Gasteiger charge is 2.23. The first-order chi connectivity index (χ1) is 9.60. The van der Waals surface area contributed by atoms with Crippen molar-refractivity contribution in [2.75, 3.05) is 13.6 Å². The largest absolute Gasteiger partial charge is 0.325 e. The molecule has 0 spiro atoms. The summed E-state index contributed by atoms with van der Waals surface area (Å²) in [4.78, 5) is 6.86. The lowest BCUT2D eigenvalue weighted by molar-refractivity contribution is 0.282. The van der Waals surface area contributed by atoms with Crippen LogP contribution >= 0.6 is 27.5 Å². The lowest BCUT2D eigenvalue weighted by Gasteiger charge is -2.21. The number of aromatic nitrogens is 2. The van der Waals surface area contributed by atoms with Crippen molar-refractivity contribution in [3.8, 4) is 0 Å². The Hall–Kier alpha value is -0.650. The number of hydrogen-bond donors (Lipinski definition) is 0. The zero-order chi connectivity index (χ0) is 14.3. The molecule has 6 heteroatoms. The molecule has 0 saturated carbocycles. The molecule has 1 saturated heterocycles. The van der Waals surface area contributed by atoms with E-state index in [1.54, 1.807) is 6.07 Å². The summed E-state index contributed by atoms with van der Waals surface area (Å²) < 4.78 is 16.3. The van der Waals surface area contributed by atoms with Gasteiger partial charge in [0.1, 0.15) is 11.6 Å². The van der Waals surface area contributed by atoms with Gasteiger partial charge in [-0.15, -0.1) is 11.6 Å². The summed E-state index contributed by atoms with van der Waals surface area (Å²) >= 11 is 9.21. The van der Waals surface area contributed by atoms with E-state index in [2.05, 4.69) is 37.4 Å². The van der Waals surface area contributed by atoms with Crippen molar-refractivity contribution < 1.29 is 4.39 Å². The summed E-state index contributed by atoms with van der Waals surface area (Å²) in [6.45, 7) is 1.93. The van der Waals surface area contributed by atoms with Gasteiger partial charge in [-0.05, 0) is 48.4 Å². The molecule has 1 atom stereocenters. The van der Waals surface area contributed by atoms with Crippen molar-refractivity contribution in [3.05, 3.63) is 28.2 Å². The maximum absolute atomic E-state index is 13.8. The van der Waals surface area contributed by atoms with Crippen molar-refractivity contribution in [3.63, 3.8) is 0 Å². The third-order valence-corrected chi connectivity index (χ3v) is 4.90. The molecule has 0 aliphatic carbocycles. The van der Waals surface area contributed by atoms with Gasteiger partial charge in [-0.1, -0.05) is 0 Å². The Kier molecular flexibility index (Phi) is 4.02. The number of fused-ring (bicyclic) bond motifs is 1. The second-order valence-electron chi connectivity index (χ2n) is 5.30. The summed E-state index contributed by atoms with van der Waals surface area (Å²) in [5.41, 5.74) is 1.61. The molecule has 1 fully saturated rings. The predicted octanol–water partition coefficient (Wildman–Crippen LogP) is 3.77. The van der Waals surface area contributed by atoms with Gasteiger partial charge in [0, 0.05) is 18.7 Å². The highest BCUT2D eigenvalue weighted by molar-refractivity contribution is 9.10. The van der Waals surface area contributed by atoms with Crippen LogP contribution < -0.4 is 0 Å². The average molecular weight is 361 g/mol. The topological polar surface area (TPSA) is 21.1 Å². The monoisotopic (exact) mass is 359 g/mol. The number of likely N-dealkylation sites (tertiary alicyclic amines) is 1. The van der Waals surface area contributed by atoms with Crippen LogP contribution in [0, 0.1) is 5.82 Å².